The highest BCUT2D eigenvalue weighted by molar-refractivity contribution is 5.94. The molecular weight excluding hydrogens is 485 g/mol. The maximum atomic E-state index is 13.9. The van der Waals surface area contributed by atoms with Gasteiger partial charge < -0.3 is 15.2 Å². The Morgan fingerprint density at radius 1 is 1.22 bits per heavy atom. The molecule has 3 aromatic rings. The second-order valence-corrected chi connectivity index (χ2v) is 8.82. The summed E-state index contributed by atoms with van der Waals surface area (Å²) in [6, 6.07) is 6.14. The maximum Gasteiger partial charge on any atom is 0.433 e. The number of fused-ring (bicyclic) bond motifs is 1. The normalized spacial score (nSPS) is 16.7. The summed E-state index contributed by atoms with van der Waals surface area (Å²) in [6.45, 7) is 2.71. The number of nitrogens with one attached hydrogen (secondary N) is 2. The van der Waals surface area contributed by atoms with E-state index in [0.29, 0.717) is 5.69 Å². The third-order valence-electron chi connectivity index (χ3n) is 6.05. The summed E-state index contributed by atoms with van der Waals surface area (Å²) in [5.74, 6) is -3.31. The molecule has 36 heavy (non-hydrogen) atoms. The van der Waals surface area contributed by atoms with Crippen LogP contribution in [-0.2, 0) is 6.18 Å². The van der Waals surface area contributed by atoms with E-state index in [4.69, 9.17) is 0 Å². The van der Waals surface area contributed by atoms with Crippen molar-refractivity contribution < 1.29 is 26.7 Å². The van der Waals surface area contributed by atoms with E-state index in [1.165, 1.54) is 31.2 Å². The fourth-order valence-corrected chi connectivity index (χ4v) is 4.31. The Kier molecular flexibility index (Phi) is 6.72. The number of carbonyl (C=O) groups excluding carboxylic acids is 1. The minimum absolute atomic E-state index is 0.0665. The molecule has 7 nitrogen and oxygen atoms in total. The van der Waals surface area contributed by atoms with Gasteiger partial charge in [0.25, 0.3) is 17.4 Å². The van der Waals surface area contributed by atoms with E-state index in [2.05, 4.69) is 20.3 Å². The highest BCUT2D eigenvalue weighted by atomic mass is 19.4. The number of pyridine rings is 1. The molecule has 1 fully saturated rings. The fraction of sp³-hybridized carbons (Fsp3) is 0.417. The van der Waals surface area contributed by atoms with E-state index in [0.717, 1.165) is 11.0 Å². The zero-order valence-corrected chi connectivity index (χ0v) is 19.5. The summed E-state index contributed by atoms with van der Waals surface area (Å²) in [7, 11) is 0. The average Bonchev–Trinajstić information content (AvgIpc) is 2.80. The number of nitrogens with zero attached hydrogens (tertiary/aromatic N) is 3. The van der Waals surface area contributed by atoms with Crippen LogP contribution in [0.25, 0.3) is 11.0 Å². The predicted molar refractivity (Wildman–Crippen MR) is 123 cm³/mol. The number of aromatic amines is 1. The number of hydrogen-bond acceptors (Lipinski definition) is 5. The molecule has 12 heteroatoms. The molecule has 1 atom stereocenters. The van der Waals surface area contributed by atoms with Crippen LogP contribution in [0.1, 0.15) is 59.7 Å². The number of hydrogen-bond donors (Lipinski definition) is 2. The molecule has 1 aliphatic rings. The van der Waals surface area contributed by atoms with E-state index in [1.807, 2.05) is 0 Å². The van der Waals surface area contributed by atoms with E-state index in [9.17, 15) is 31.5 Å². The molecule has 0 radical (unpaired) electrons. The monoisotopic (exact) mass is 509 g/mol. The van der Waals surface area contributed by atoms with Gasteiger partial charge in [0.05, 0.1) is 18.0 Å². The summed E-state index contributed by atoms with van der Waals surface area (Å²) in [5, 5.41) is 2.93. The van der Waals surface area contributed by atoms with Crippen LogP contribution in [0.5, 0.6) is 0 Å². The van der Waals surface area contributed by atoms with Gasteiger partial charge in [0.2, 0.25) is 0 Å². The van der Waals surface area contributed by atoms with Crippen LogP contribution in [0.15, 0.2) is 35.1 Å². The van der Waals surface area contributed by atoms with Gasteiger partial charge in [-0.25, -0.2) is 18.7 Å². The molecule has 1 unspecified atom stereocenters. The molecule has 0 saturated carbocycles. The molecule has 1 saturated heterocycles. The van der Waals surface area contributed by atoms with E-state index in [-0.39, 0.29) is 53.8 Å². The molecule has 0 aliphatic carbocycles. The van der Waals surface area contributed by atoms with Crippen LogP contribution in [0.4, 0.5) is 27.6 Å². The summed E-state index contributed by atoms with van der Waals surface area (Å²) in [6.07, 6.45) is -4.63. The highest BCUT2D eigenvalue weighted by Gasteiger charge is 2.39. The molecule has 0 spiro atoms. The summed E-state index contributed by atoms with van der Waals surface area (Å²) in [5.41, 5.74) is -1.66. The van der Waals surface area contributed by atoms with Crippen molar-refractivity contribution in [2.75, 3.05) is 18.4 Å². The molecule has 1 amide bonds. The van der Waals surface area contributed by atoms with Crippen molar-refractivity contribution >= 4 is 22.6 Å². The molecule has 1 aromatic carbocycles. The number of amides is 1. The second-order valence-electron chi connectivity index (χ2n) is 8.82. The van der Waals surface area contributed by atoms with Crippen molar-refractivity contribution in [3.8, 4) is 0 Å². The number of H-pyrrole nitrogens is 1. The largest absolute Gasteiger partial charge is 0.433 e. The molecule has 3 heterocycles. The Labute approximate surface area is 202 Å². The Bertz CT molecular complexity index is 1340. The molecular formula is C24H24F5N5O2. The SMILES string of the molecule is CCC(Nc1ccc(C(=O)N2CCCC(F)(F)C2)cc1)c1cc2c(=O)[nH]c(C)nc2nc1C(F)(F)F. The number of piperidine rings is 1. The second kappa shape index (κ2) is 9.47. The first kappa shape index (κ1) is 25.5. The Morgan fingerprint density at radius 3 is 2.53 bits per heavy atom. The van der Waals surface area contributed by atoms with Crippen LogP contribution in [0.2, 0.25) is 0 Å². The first-order valence-corrected chi connectivity index (χ1v) is 11.4. The van der Waals surface area contributed by atoms with Crippen LogP contribution >= 0.6 is 0 Å². The van der Waals surface area contributed by atoms with Crippen molar-refractivity contribution in [1.82, 2.24) is 19.9 Å². The first-order chi connectivity index (χ1) is 16.9. The minimum Gasteiger partial charge on any atom is -0.378 e. The number of benzene rings is 1. The Hall–Kier alpha value is -3.57. The lowest BCUT2D eigenvalue weighted by atomic mass is 10.00. The molecule has 2 N–H and O–H groups in total. The number of likely N-dealkylation sites (tertiary alicyclic amines) is 1. The number of halogens is 5. The van der Waals surface area contributed by atoms with Gasteiger partial charge in [-0.1, -0.05) is 6.92 Å². The number of aromatic nitrogens is 3. The lowest BCUT2D eigenvalue weighted by Crippen LogP contribution is -2.45. The van der Waals surface area contributed by atoms with Crippen molar-refractivity contribution in [2.24, 2.45) is 0 Å². The van der Waals surface area contributed by atoms with Crippen LogP contribution < -0.4 is 10.9 Å². The molecule has 4 rings (SSSR count). The zero-order chi connectivity index (χ0) is 26.3. The summed E-state index contributed by atoms with van der Waals surface area (Å²) >= 11 is 0. The van der Waals surface area contributed by atoms with Gasteiger partial charge >= 0.3 is 6.18 Å². The van der Waals surface area contributed by atoms with Crippen LogP contribution in [0.3, 0.4) is 0 Å². The topological polar surface area (TPSA) is 91.0 Å². The van der Waals surface area contributed by atoms with Crippen LogP contribution in [0, 0.1) is 6.92 Å². The summed E-state index contributed by atoms with van der Waals surface area (Å²) < 4.78 is 69.0. The van der Waals surface area contributed by atoms with E-state index < -0.39 is 41.8 Å². The summed E-state index contributed by atoms with van der Waals surface area (Å²) in [4.78, 5) is 36.1. The average molecular weight is 509 g/mol. The third kappa shape index (κ3) is 5.31. The maximum absolute atomic E-state index is 13.9. The minimum atomic E-state index is -4.79. The van der Waals surface area contributed by atoms with Gasteiger partial charge in [-0.15, -0.1) is 0 Å². The Balaban J connectivity index is 1.62. The van der Waals surface area contributed by atoms with Crippen molar-refractivity contribution in [3.05, 3.63) is 63.3 Å². The van der Waals surface area contributed by atoms with E-state index >= 15 is 0 Å². The van der Waals surface area contributed by atoms with Gasteiger partial charge in [0.15, 0.2) is 11.3 Å². The molecule has 2 aromatic heterocycles. The number of rotatable bonds is 5. The number of alkyl halides is 5. The molecule has 1 aliphatic heterocycles. The van der Waals surface area contributed by atoms with Gasteiger partial charge in [-0.2, -0.15) is 13.2 Å². The lowest BCUT2D eigenvalue weighted by Gasteiger charge is -2.32. The van der Waals surface area contributed by atoms with Crippen molar-refractivity contribution in [1.29, 1.82) is 0 Å². The van der Waals surface area contributed by atoms with Crippen LogP contribution in [-0.4, -0.2) is 44.8 Å². The van der Waals surface area contributed by atoms with Crippen molar-refractivity contribution in [3.63, 3.8) is 0 Å². The standard InChI is InChI=1S/C24H24F5N5O2/c1-3-18(16-11-17-20(30-13(2)31-21(17)35)33-19(16)24(27,28)29)32-15-7-5-14(6-8-15)22(36)34-10-4-9-23(25,26)12-34/h5-8,11,18,32H,3-4,9-10,12H2,1-2H3,(H,30,31,33,35). The fourth-order valence-electron chi connectivity index (χ4n) is 4.31. The number of aryl methyl sites for hydroxylation is 1. The molecule has 0 bridgehead atoms. The van der Waals surface area contributed by atoms with Gasteiger partial charge in [0.1, 0.15) is 5.82 Å². The van der Waals surface area contributed by atoms with Gasteiger partial charge in [0, 0.05) is 29.8 Å². The third-order valence-corrected chi connectivity index (χ3v) is 6.05. The zero-order valence-electron chi connectivity index (χ0n) is 19.5. The highest BCUT2D eigenvalue weighted by Crippen LogP contribution is 2.36. The van der Waals surface area contributed by atoms with Gasteiger partial charge in [-0.3, -0.25) is 9.59 Å². The first-order valence-electron chi connectivity index (χ1n) is 11.4. The predicted octanol–water partition coefficient (Wildman–Crippen LogP) is 5.08. The lowest BCUT2D eigenvalue weighted by molar-refractivity contribution is -0.141. The number of anilines is 1. The Morgan fingerprint density at radius 2 is 1.92 bits per heavy atom. The van der Waals surface area contributed by atoms with Crippen molar-refractivity contribution in [2.45, 2.75) is 51.3 Å². The quantitative estimate of drug-likeness (QED) is 0.468. The van der Waals surface area contributed by atoms with E-state index in [1.54, 1.807) is 6.92 Å². The van der Waals surface area contributed by atoms with Gasteiger partial charge in [-0.05, 0) is 50.1 Å². The molecule has 192 valence electrons. The smallest absolute Gasteiger partial charge is 0.378 e. The number of carbonyl (C=O) groups is 1.